The number of rotatable bonds is 10. The summed E-state index contributed by atoms with van der Waals surface area (Å²) in [5.41, 5.74) is -4.83. The number of nitrogens with one attached hydrogen (secondary N) is 1. The third-order valence-corrected chi connectivity index (χ3v) is 9.34. The molecule has 1 saturated carbocycles. The van der Waals surface area contributed by atoms with Crippen molar-refractivity contribution in [3.05, 3.63) is 28.5 Å². The quantitative estimate of drug-likeness (QED) is 0.331. The van der Waals surface area contributed by atoms with Gasteiger partial charge in [0.15, 0.2) is 5.69 Å². The summed E-state index contributed by atoms with van der Waals surface area (Å²) in [7, 11) is -3.45. The zero-order chi connectivity index (χ0) is 31.8. The number of nitrogens with zero attached hydrogens (tertiary/aromatic N) is 3. The van der Waals surface area contributed by atoms with E-state index in [9.17, 15) is 45.4 Å². The fraction of sp³-hybridized carbons (Fsp3) is 0.640. The number of pyridine rings is 1. The van der Waals surface area contributed by atoms with E-state index in [1.165, 1.54) is 16.8 Å². The molecule has 2 aromatic rings. The van der Waals surface area contributed by atoms with Gasteiger partial charge in [0, 0.05) is 31.5 Å². The number of hydrogen-bond donors (Lipinski definition) is 3. The molecule has 1 aliphatic rings. The topological polar surface area (TPSA) is 144 Å². The Labute approximate surface area is 244 Å². The Bertz CT molecular complexity index is 1420. The predicted octanol–water partition coefficient (Wildman–Crippen LogP) is 3.77. The molecule has 2 aromatic heterocycles. The lowest BCUT2D eigenvalue weighted by atomic mass is 9.82. The Morgan fingerprint density at radius 3 is 2.48 bits per heavy atom. The molecule has 3 N–H and O–H groups in total. The van der Waals surface area contributed by atoms with E-state index in [0.717, 1.165) is 20.1 Å². The van der Waals surface area contributed by atoms with Crippen LogP contribution in [0.3, 0.4) is 0 Å². The molecule has 17 heteroatoms. The Kier molecular flexibility index (Phi) is 9.86. The van der Waals surface area contributed by atoms with Crippen LogP contribution in [-0.2, 0) is 22.8 Å². The van der Waals surface area contributed by atoms with E-state index in [1.807, 2.05) is 0 Å². The second-order valence-electron chi connectivity index (χ2n) is 10.9. The van der Waals surface area contributed by atoms with Gasteiger partial charge in [0.25, 0.3) is 5.91 Å². The van der Waals surface area contributed by atoms with Crippen molar-refractivity contribution in [2.24, 2.45) is 5.41 Å². The van der Waals surface area contributed by atoms with Crippen LogP contribution in [-0.4, -0.2) is 81.8 Å². The first kappa shape index (κ1) is 33.9. The first-order valence-electron chi connectivity index (χ1n) is 12.9. The number of aliphatic hydroxyl groups excluding tert-OH is 1. The van der Waals surface area contributed by atoms with Crippen molar-refractivity contribution in [1.29, 1.82) is 0 Å². The molecule has 0 aliphatic heterocycles. The number of aliphatic hydroxyl groups is 2. The molecule has 0 aromatic carbocycles. The molecule has 10 nitrogen and oxygen atoms in total. The van der Waals surface area contributed by atoms with Gasteiger partial charge in [0.2, 0.25) is 5.88 Å². The number of carbonyl (C=O) groups is 1. The molecule has 0 radical (unpaired) electrons. The van der Waals surface area contributed by atoms with Crippen LogP contribution in [0.4, 0.5) is 22.0 Å². The van der Waals surface area contributed by atoms with E-state index in [1.54, 1.807) is 6.92 Å². The van der Waals surface area contributed by atoms with Gasteiger partial charge in [-0.3, -0.25) is 9.48 Å². The van der Waals surface area contributed by atoms with Crippen LogP contribution in [0.2, 0.25) is 5.02 Å². The van der Waals surface area contributed by atoms with Crippen molar-refractivity contribution in [2.45, 2.75) is 82.7 Å². The molecule has 1 fully saturated rings. The average molecular weight is 647 g/mol. The minimum absolute atomic E-state index is 0.0632. The Morgan fingerprint density at radius 2 is 1.95 bits per heavy atom. The van der Waals surface area contributed by atoms with Crippen molar-refractivity contribution in [1.82, 2.24) is 20.1 Å². The minimum atomic E-state index is -4.60. The van der Waals surface area contributed by atoms with Gasteiger partial charge in [-0.05, 0) is 38.3 Å². The normalized spacial score (nSPS) is 21.9. The molecule has 2 heterocycles. The second-order valence-corrected chi connectivity index (χ2v) is 13.7. The van der Waals surface area contributed by atoms with Crippen molar-refractivity contribution >= 4 is 27.3 Å². The average Bonchev–Trinajstić information content (AvgIpc) is 3.18. The van der Waals surface area contributed by atoms with E-state index in [2.05, 4.69) is 20.1 Å². The molecule has 3 rings (SSSR count). The van der Waals surface area contributed by atoms with Gasteiger partial charge in [0.05, 0.1) is 33.0 Å². The van der Waals surface area contributed by atoms with Crippen LogP contribution in [0.25, 0.3) is 11.3 Å². The van der Waals surface area contributed by atoms with Gasteiger partial charge in [0.1, 0.15) is 15.4 Å². The zero-order valence-corrected chi connectivity index (χ0v) is 24.7. The van der Waals surface area contributed by atoms with Crippen LogP contribution in [0.1, 0.15) is 56.2 Å². The highest BCUT2D eigenvalue weighted by atomic mass is 35.5. The number of sulfone groups is 1. The molecular weight excluding hydrogens is 615 g/mol. The smallest absolute Gasteiger partial charge is 0.394 e. The molecule has 0 spiro atoms. The fourth-order valence-corrected chi connectivity index (χ4v) is 6.03. The summed E-state index contributed by atoms with van der Waals surface area (Å²) in [5, 5.41) is 26.7. The minimum Gasteiger partial charge on any atom is -0.416 e. The van der Waals surface area contributed by atoms with E-state index >= 15 is 0 Å². The summed E-state index contributed by atoms with van der Waals surface area (Å²) < 4.78 is 96.1. The van der Waals surface area contributed by atoms with Crippen LogP contribution in [0.15, 0.2) is 12.1 Å². The van der Waals surface area contributed by atoms with Crippen LogP contribution >= 0.6 is 11.6 Å². The Balaban J connectivity index is 1.91. The van der Waals surface area contributed by atoms with Crippen molar-refractivity contribution < 1.29 is 50.1 Å². The summed E-state index contributed by atoms with van der Waals surface area (Å²) in [6.07, 6.45) is -5.93. The van der Waals surface area contributed by atoms with E-state index in [0.29, 0.717) is 0 Å². The van der Waals surface area contributed by atoms with Crippen LogP contribution in [0, 0.1) is 5.41 Å². The number of hydrogen-bond acceptors (Lipinski definition) is 8. The molecule has 0 bridgehead atoms. The molecule has 1 amide bonds. The number of alkyl halides is 5. The van der Waals surface area contributed by atoms with Crippen molar-refractivity contribution in [3.63, 3.8) is 0 Å². The Morgan fingerprint density at radius 1 is 1.31 bits per heavy atom. The third-order valence-electron chi connectivity index (χ3n) is 7.34. The molecule has 3 unspecified atom stereocenters. The highest BCUT2D eigenvalue weighted by Gasteiger charge is 2.47. The fourth-order valence-electron chi connectivity index (χ4n) is 4.63. The first-order valence-corrected chi connectivity index (χ1v) is 15.2. The molecule has 3 atom stereocenters. The second kappa shape index (κ2) is 12.2. The first-order chi connectivity index (χ1) is 19.2. The van der Waals surface area contributed by atoms with Gasteiger partial charge in [-0.2, -0.15) is 27.1 Å². The summed E-state index contributed by atoms with van der Waals surface area (Å²) in [5.74, 6) is -1.61. The molecule has 0 saturated heterocycles. The van der Waals surface area contributed by atoms with Gasteiger partial charge in [-0.25, -0.2) is 13.4 Å². The van der Waals surface area contributed by atoms with Crippen molar-refractivity contribution in [3.8, 4) is 17.1 Å². The molecule has 42 heavy (non-hydrogen) atoms. The number of aryl methyl sites for hydroxylation is 1. The largest absolute Gasteiger partial charge is 0.416 e. The number of amides is 1. The number of halogens is 6. The summed E-state index contributed by atoms with van der Waals surface area (Å²) in [6.45, 7) is -0.288. The lowest BCUT2D eigenvalue weighted by Crippen LogP contribution is -2.56. The molecule has 236 valence electrons. The zero-order valence-electron chi connectivity index (χ0n) is 23.2. The maximum atomic E-state index is 13.4. The lowest BCUT2D eigenvalue weighted by molar-refractivity contribution is -0.211. The highest BCUT2D eigenvalue weighted by molar-refractivity contribution is 7.91. The maximum absolute atomic E-state index is 13.4. The highest BCUT2D eigenvalue weighted by Crippen LogP contribution is 2.42. The number of aromatic nitrogens is 3. The number of ether oxygens (including phenoxy) is 1. The maximum Gasteiger partial charge on any atom is 0.394 e. The SMILES string of the molecule is CCn1nc(C(=O)NCC2(O)CCC(S(C)(=O)=O)CC2O)c(Cl)c1-c1ccc(CC(C)(C)C(F)(F)F)nc1OC(F)F. The summed E-state index contributed by atoms with van der Waals surface area (Å²) in [6, 6.07) is 2.40. The van der Waals surface area contributed by atoms with Gasteiger partial charge in [-0.15, -0.1) is 0 Å². The third kappa shape index (κ3) is 7.32. The Hall–Kier alpha value is -2.56. The summed E-state index contributed by atoms with van der Waals surface area (Å²) in [4.78, 5) is 16.9. The molecule has 1 aliphatic carbocycles. The van der Waals surface area contributed by atoms with Crippen LogP contribution in [0.5, 0.6) is 5.88 Å². The van der Waals surface area contributed by atoms with Gasteiger partial charge in [-0.1, -0.05) is 25.4 Å². The predicted molar refractivity (Wildman–Crippen MR) is 142 cm³/mol. The van der Waals surface area contributed by atoms with Gasteiger partial charge >= 0.3 is 12.8 Å². The van der Waals surface area contributed by atoms with Gasteiger partial charge < -0.3 is 20.3 Å². The van der Waals surface area contributed by atoms with Crippen LogP contribution < -0.4 is 10.1 Å². The van der Waals surface area contributed by atoms with E-state index in [-0.39, 0.29) is 53.5 Å². The number of carbonyl (C=O) groups excluding carboxylic acids is 1. The lowest BCUT2D eigenvalue weighted by Gasteiger charge is -2.39. The molecular formula is C25H32ClF5N4O6S. The van der Waals surface area contributed by atoms with Crippen molar-refractivity contribution in [2.75, 3.05) is 12.8 Å². The van der Waals surface area contributed by atoms with E-state index in [4.69, 9.17) is 11.6 Å². The summed E-state index contributed by atoms with van der Waals surface area (Å²) >= 11 is 6.46. The standard InChI is InChI=1S/C25H32ClF5N4O6S/c1-5-35-19(15-7-6-13(33-21(15)41-22(27)28)11-23(2,3)25(29,30)31)17(26)18(34-35)20(37)32-12-24(38)9-8-14(10-16(24)36)42(4,39)40/h6-7,14,16,22,36,38H,5,8-12H2,1-4H3,(H,32,37). The monoisotopic (exact) mass is 646 g/mol. The van der Waals surface area contributed by atoms with E-state index < -0.39 is 69.7 Å².